The van der Waals surface area contributed by atoms with Crippen molar-refractivity contribution in [1.82, 2.24) is 10.3 Å². The predicted octanol–water partition coefficient (Wildman–Crippen LogP) is 2.96. The Kier molecular flexibility index (Phi) is 4.04. The third-order valence-electron chi connectivity index (χ3n) is 3.25. The van der Waals surface area contributed by atoms with Crippen LogP contribution in [-0.2, 0) is 0 Å². The van der Waals surface area contributed by atoms with Crippen LogP contribution in [-0.4, -0.2) is 17.4 Å². The Hall–Kier alpha value is -1.62. The monoisotopic (exact) mass is 277 g/mol. The topological polar surface area (TPSA) is 68.0 Å². The Labute approximate surface area is 117 Å². The summed E-state index contributed by atoms with van der Waals surface area (Å²) in [6.45, 7) is 6.82. The smallest absolute Gasteiger partial charge is 0.263 e. The second-order valence-corrected chi connectivity index (χ2v) is 5.87. The van der Waals surface area contributed by atoms with Crippen LogP contribution in [0.15, 0.2) is 12.1 Å². The molecular weight excluding hydrogens is 258 g/mol. The van der Waals surface area contributed by atoms with Crippen LogP contribution in [0.3, 0.4) is 0 Å². The van der Waals surface area contributed by atoms with Crippen molar-refractivity contribution in [3.63, 3.8) is 0 Å². The Bertz CT molecular complexity index is 606. The van der Waals surface area contributed by atoms with Gasteiger partial charge in [0.05, 0.1) is 5.69 Å². The van der Waals surface area contributed by atoms with Crippen LogP contribution in [0.2, 0.25) is 0 Å². The third kappa shape index (κ3) is 2.87. The number of nitrogens with zero attached hydrogens (tertiary/aromatic N) is 1. The van der Waals surface area contributed by atoms with Gasteiger partial charge in [0.25, 0.3) is 5.91 Å². The zero-order valence-electron chi connectivity index (χ0n) is 11.5. The number of carbonyl (C=O) groups excluding carboxylic acids is 1. The summed E-state index contributed by atoms with van der Waals surface area (Å²) in [7, 11) is 0. The zero-order chi connectivity index (χ0) is 14.0. The number of thiophene rings is 1. The van der Waals surface area contributed by atoms with Gasteiger partial charge in [-0.15, -0.1) is 11.3 Å². The van der Waals surface area contributed by atoms with E-state index in [1.54, 1.807) is 0 Å². The number of rotatable bonds is 4. The molecule has 1 atom stereocenters. The number of anilines is 1. The normalized spacial score (nSPS) is 12.6. The maximum Gasteiger partial charge on any atom is 0.263 e. The van der Waals surface area contributed by atoms with E-state index >= 15 is 0 Å². The van der Waals surface area contributed by atoms with Gasteiger partial charge in [-0.3, -0.25) is 4.79 Å². The molecule has 0 bridgehead atoms. The highest BCUT2D eigenvalue weighted by molar-refractivity contribution is 7.21. The van der Waals surface area contributed by atoms with E-state index < -0.39 is 0 Å². The molecule has 0 saturated heterocycles. The fourth-order valence-electron chi connectivity index (χ4n) is 1.75. The van der Waals surface area contributed by atoms with Gasteiger partial charge in [0.1, 0.15) is 9.71 Å². The molecule has 0 aromatic carbocycles. The van der Waals surface area contributed by atoms with Crippen LogP contribution >= 0.6 is 11.3 Å². The first-order chi connectivity index (χ1) is 9.02. The van der Waals surface area contributed by atoms with E-state index in [0.29, 0.717) is 23.0 Å². The lowest BCUT2D eigenvalue weighted by molar-refractivity contribution is 0.0953. The third-order valence-corrected chi connectivity index (χ3v) is 4.36. The molecule has 0 aliphatic rings. The molecule has 1 unspecified atom stereocenters. The molecule has 2 aromatic heterocycles. The zero-order valence-corrected chi connectivity index (χ0v) is 12.3. The minimum atomic E-state index is -0.0987. The highest BCUT2D eigenvalue weighted by Gasteiger charge is 2.17. The van der Waals surface area contributed by atoms with Crippen molar-refractivity contribution in [1.29, 1.82) is 0 Å². The van der Waals surface area contributed by atoms with Crippen molar-refractivity contribution >= 4 is 33.1 Å². The van der Waals surface area contributed by atoms with Crippen molar-refractivity contribution < 1.29 is 4.79 Å². The SMILES string of the molecule is CCC(C)CNC(=O)c1sc2nc(C)ccc2c1N. The molecule has 0 aliphatic heterocycles. The highest BCUT2D eigenvalue weighted by Crippen LogP contribution is 2.32. The molecule has 5 heteroatoms. The maximum atomic E-state index is 12.1. The molecule has 1 amide bonds. The van der Waals surface area contributed by atoms with Gasteiger partial charge in [-0.05, 0) is 25.0 Å². The number of fused-ring (bicyclic) bond motifs is 1. The van der Waals surface area contributed by atoms with E-state index in [1.807, 2.05) is 19.1 Å². The van der Waals surface area contributed by atoms with Crippen LogP contribution in [0.5, 0.6) is 0 Å². The number of carbonyl (C=O) groups is 1. The van der Waals surface area contributed by atoms with Crippen LogP contribution in [0.1, 0.15) is 35.6 Å². The molecule has 2 heterocycles. The number of nitrogens with one attached hydrogen (secondary N) is 1. The fraction of sp³-hybridized carbons (Fsp3) is 0.429. The number of pyridine rings is 1. The quantitative estimate of drug-likeness (QED) is 0.902. The van der Waals surface area contributed by atoms with Gasteiger partial charge in [0.2, 0.25) is 0 Å². The van der Waals surface area contributed by atoms with E-state index in [9.17, 15) is 4.79 Å². The summed E-state index contributed by atoms with van der Waals surface area (Å²) >= 11 is 1.36. The molecule has 19 heavy (non-hydrogen) atoms. The van der Waals surface area contributed by atoms with Crippen molar-refractivity contribution in [2.75, 3.05) is 12.3 Å². The molecular formula is C14H19N3OS. The number of nitrogens with two attached hydrogens (primary N) is 1. The Morgan fingerprint density at radius 3 is 2.95 bits per heavy atom. The summed E-state index contributed by atoms with van der Waals surface area (Å²) in [6.07, 6.45) is 1.04. The standard InChI is InChI=1S/C14H19N3OS/c1-4-8(2)7-16-13(18)12-11(15)10-6-5-9(3)17-14(10)19-12/h5-6,8H,4,7,15H2,1-3H3,(H,16,18). The number of hydrogen-bond acceptors (Lipinski definition) is 4. The van der Waals surface area contributed by atoms with Crippen molar-refractivity contribution in [2.45, 2.75) is 27.2 Å². The second kappa shape index (κ2) is 5.57. The Morgan fingerprint density at radius 1 is 1.53 bits per heavy atom. The fourth-order valence-corrected chi connectivity index (χ4v) is 2.81. The van der Waals surface area contributed by atoms with Crippen LogP contribution in [0, 0.1) is 12.8 Å². The number of amides is 1. The second-order valence-electron chi connectivity index (χ2n) is 4.87. The lowest BCUT2D eigenvalue weighted by Crippen LogP contribution is -2.27. The highest BCUT2D eigenvalue weighted by atomic mass is 32.1. The first-order valence-corrected chi connectivity index (χ1v) is 7.28. The summed E-state index contributed by atoms with van der Waals surface area (Å²) in [6, 6.07) is 3.83. The van der Waals surface area contributed by atoms with Crippen LogP contribution in [0.4, 0.5) is 5.69 Å². The van der Waals surface area contributed by atoms with Gasteiger partial charge in [-0.25, -0.2) is 4.98 Å². The molecule has 0 radical (unpaired) electrons. The summed E-state index contributed by atoms with van der Waals surface area (Å²) in [5.41, 5.74) is 7.51. The Balaban J connectivity index is 2.25. The summed E-state index contributed by atoms with van der Waals surface area (Å²) in [5, 5.41) is 3.79. The minimum absolute atomic E-state index is 0.0987. The molecule has 0 saturated carbocycles. The van der Waals surface area contributed by atoms with Gasteiger partial charge in [-0.2, -0.15) is 0 Å². The average molecular weight is 277 g/mol. The number of nitrogen functional groups attached to an aromatic ring is 1. The van der Waals surface area contributed by atoms with Crippen molar-refractivity contribution in [3.8, 4) is 0 Å². The maximum absolute atomic E-state index is 12.1. The van der Waals surface area contributed by atoms with Crippen molar-refractivity contribution in [2.24, 2.45) is 5.92 Å². The number of aryl methyl sites for hydroxylation is 1. The number of hydrogen-bond donors (Lipinski definition) is 2. The minimum Gasteiger partial charge on any atom is -0.397 e. The largest absolute Gasteiger partial charge is 0.397 e. The van der Waals surface area contributed by atoms with Crippen LogP contribution < -0.4 is 11.1 Å². The lowest BCUT2D eigenvalue weighted by atomic mass is 10.1. The number of aromatic nitrogens is 1. The molecule has 102 valence electrons. The molecule has 3 N–H and O–H groups in total. The van der Waals surface area contributed by atoms with E-state index in [1.165, 1.54) is 11.3 Å². The first-order valence-electron chi connectivity index (χ1n) is 6.46. The van der Waals surface area contributed by atoms with Gasteiger partial charge in [0.15, 0.2) is 0 Å². The van der Waals surface area contributed by atoms with E-state index in [-0.39, 0.29) is 5.91 Å². The van der Waals surface area contributed by atoms with Gasteiger partial charge >= 0.3 is 0 Å². The Morgan fingerprint density at radius 2 is 2.26 bits per heavy atom. The average Bonchev–Trinajstić information content (AvgIpc) is 2.72. The molecule has 0 spiro atoms. The lowest BCUT2D eigenvalue weighted by Gasteiger charge is -2.09. The molecule has 2 aromatic rings. The van der Waals surface area contributed by atoms with E-state index in [4.69, 9.17) is 5.73 Å². The summed E-state index contributed by atoms with van der Waals surface area (Å²) in [4.78, 5) is 17.9. The van der Waals surface area contributed by atoms with Gasteiger partial charge < -0.3 is 11.1 Å². The first kappa shape index (κ1) is 13.8. The predicted molar refractivity (Wildman–Crippen MR) is 80.6 cm³/mol. The summed E-state index contributed by atoms with van der Waals surface area (Å²) < 4.78 is 0. The van der Waals surface area contributed by atoms with E-state index in [2.05, 4.69) is 24.1 Å². The molecule has 0 aliphatic carbocycles. The molecule has 2 rings (SSSR count). The molecule has 4 nitrogen and oxygen atoms in total. The van der Waals surface area contributed by atoms with E-state index in [0.717, 1.165) is 22.3 Å². The van der Waals surface area contributed by atoms with Gasteiger partial charge in [-0.1, -0.05) is 20.3 Å². The van der Waals surface area contributed by atoms with Crippen molar-refractivity contribution in [3.05, 3.63) is 22.7 Å². The molecule has 0 fully saturated rings. The van der Waals surface area contributed by atoms with Gasteiger partial charge in [0, 0.05) is 17.6 Å². The van der Waals surface area contributed by atoms with Crippen LogP contribution in [0.25, 0.3) is 10.2 Å². The summed E-state index contributed by atoms with van der Waals surface area (Å²) in [5.74, 6) is 0.373.